The van der Waals surface area contributed by atoms with E-state index in [9.17, 15) is 9.59 Å². The highest BCUT2D eigenvalue weighted by Crippen LogP contribution is 2.39. The number of benzene rings is 1. The van der Waals surface area contributed by atoms with Crippen molar-refractivity contribution in [1.82, 2.24) is 14.8 Å². The second kappa shape index (κ2) is 10.4. The first-order valence-corrected chi connectivity index (χ1v) is 12.6. The van der Waals surface area contributed by atoms with Crippen molar-refractivity contribution in [2.45, 2.75) is 44.4 Å². The number of thiophene rings is 1. The Kier molecular flexibility index (Phi) is 7.34. The van der Waals surface area contributed by atoms with Crippen molar-refractivity contribution in [1.29, 1.82) is 0 Å². The van der Waals surface area contributed by atoms with E-state index in [1.54, 1.807) is 6.92 Å². The van der Waals surface area contributed by atoms with Crippen LogP contribution in [0.25, 0.3) is 0 Å². The minimum Gasteiger partial charge on any atom is -0.483 e. The summed E-state index contributed by atoms with van der Waals surface area (Å²) in [6.45, 7) is 3.99. The molecule has 10 heteroatoms. The van der Waals surface area contributed by atoms with E-state index in [4.69, 9.17) is 9.47 Å². The van der Waals surface area contributed by atoms with E-state index in [-0.39, 0.29) is 23.7 Å². The number of nitrogens with one attached hydrogen (secondary N) is 1. The molecule has 1 aromatic carbocycles. The van der Waals surface area contributed by atoms with Crippen molar-refractivity contribution in [3.8, 4) is 5.75 Å². The van der Waals surface area contributed by atoms with E-state index in [1.165, 1.54) is 23.1 Å². The Morgan fingerprint density at radius 3 is 2.79 bits per heavy atom. The molecule has 1 aliphatic carbocycles. The number of ether oxygens (including phenoxy) is 2. The average molecular weight is 487 g/mol. The number of carbonyl (C=O) groups is 2. The van der Waals surface area contributed by atoms with Gasteiger partial charge in [0, 0.05) is 11.9 Å². The van der Waals surface area contributed by atoms with Crippen molar-refractivity contribution in [2.24, 2.45) is 7.05 Å². The molecule has 0 spiro atoms. The van der Waals surface area contributed by atoms with E-state index in [0.29, 0.717) is 28.2 Å². The number of thioether (sulfide) groups is 1. The molecule has 0 saturated heterocycles. The smallest absolute Gasteiger partial charge is 0.341 e. The molecule has 1 N–H and O–H groups in total. The molecule has 1 aliphatic rings. The number of nitrogens with zero attached hydrogens (tertiary/aromatic N) is 3. The lowest BCUT2D eigenvalue weighted by atomic mass is 10.1. The SMILES string of the molecule is CCOC(=O)c1c(NC(=O)CSc2nnc(C(C)Oc3ccccc3)n2C)sc2c1CCC2. The van der Waals surface area contributed by atoms with Crippen LogP contribution in [0, 0.1) is 0 Å². The molecule has 1 atom stereocenters. The van der Waals surface area contributed by atoms with Gasteiger partial charge in [-0.2, -0.15) is 0 Å². The molecule has 0 radical (unpaired) electrons. The fraction of sp³-hybridized carbons (Fsp3) is 0.391. The number of carbonyl (C=O) groups excluding carboxylic acids is 2. The van der Waals surface area contributed by atoms with Crippen LogP contribution in [-0.4, -0.2) is 39.0 Å². The predicted molar refractivity (Wildman–Crippen MR) is 128 cm³/mol. The van der Waals surface area contributed by atoms with Gasteiger partial charge in [0.15, 0.2) is 17.1 Å². The van der Waals surface area contributed by atoms with Crippen molar-refractivity contribution in [2.75, 3.05) is 17.7 Å². The third-order valence-corrected chi connectivity index (χ3v) is 7.50. The zero-order valence-electron chi connectivity index (χ0n) is 18.8. The minimum atomic E-state index is -0.370. The molecular weight excluding hydrogens is 460 g/mol. The normalized spacial score (nSPS) is 13.4. The molecule has 2 heterocycles. The van der Waals surface area contributed by atoms with Gasteiger partial charge in [-0.05, 0) is 50.8 Å². The zero-order valence-corrected chi connectivity index (χ0v) is 20.4. The Bertz CT molecular complexity index is 1140. The van der Waals surface area contributed by atoms with Crippen LogP contribution in [0.1, 0.15) is 53.0 Å². The summed E-state index contributed by atoms with van der Waals surface area (Å²) >= 11 is 2.76. The topological polar surface area (TPSA) is 95.3 Å². The van der Waals surface area contributed by atoms with Gasteiger partial charge < -0.3 is 19.4 Å². The largest absolute Gasteiger partial charge is 0.483 e. The molecule has 174 valence electrons. The third-order valence-electron chi connectivity index (χ3n) is 5.27. The number of anilines is 1. The van der Waals surface area contributed by atoms with Gasteiger partial charge in [-0.1, -0.05) is 30.0 Å². The summed E-state index contributed by atoms with van der Waals surface area (Å²) in [4.78, 5) is 26.3. The maximum absolute atomic E-state index is 12.7. The maximum Gasteiger partial charge on any atom is 0.341 e. The zero-order chi connectivity index (χ0) is 23.4. The van der Waals surface area contributed by atoms with Gasteiger partial charge in [-0.15, -0.1) is 21.5 Å². The summed E-state index contributed by atoms with van der Waals surface area (Å²) < 4.78 is 13.0. The molecule has 0 bridgehead atoms. The first-order valence-electron chi connectivity index (χ1n) is 10.8. The maximum atomic E-state index is 12.7. The highest BCUT2D eigenvalue weighted by molar-refractivity contribution is 7.99. The lowest BCUT2D eigenvalue weighted by Crippen LogP contribution is -2.17. The molecule has 1 unspecified atom stereocenters. The Hall–Kier alpha value is -2.85. The Morgan fingerprint density at radius 2 is 2.03 bits per heavy atom. The van der Waals surface area contributed by atoms with Crippen molar-refractivity contribution >= 4 is 40.0 Å². The number of amides is 1. The monoisotopic (exact) mass is 486 g/mol. The fourth-order valence-corrected chi connectivity index (χ4v) is 5.78. The van der Waals surface area contributed by atoms with Crippen LogP contribution >= 0.6 is 23.1 Å². The van der Waals surface area contributed by atoms with Crippen LogP contribution in [0.4, 0.5) is 5.00 Å². The average Bonchev–Trinajstić information content (AvgIpc) is 3.47. The van der Waals surface area contributed by atoms with Crippen molar-refractivity contribution in [3.05, 3.63) is 52.2 Å². The lowest BCUT2D eigenvalue weighted by molar-refractivity contribution is -0.113. The van der Waals surface area contributed by atoms with Gasteiger partial charge in [-0.25, -0.2) is 4.79 Å². The Balaban J connectivity index is 1.39. The van der Waals surface area contributed by atoms with Gasteiger partial charge in [0.2, 0.25) is 5.91 Å². The van der Waals surface area contributed by atoms with E-state index in [1.807, 2.05) is 48.9 Å². The summed E-state index contributed by atoms with van der Waals surface area (Å²) in [5.74, 6) is 0.988. The number of fused-ring (bicyclic) bond motifs is 1. The summed E-state index contributed by atoms with van der Waals surface area (Å²) in [7, 11) is 1.85. The summed E-state index contributed by atoms with van der Waals surface area (Å²) in [5, 5.41) is 12.6. The van der Waals surface area contributed by atoms with Gasteiger partial charge in [0.25, 0.3) is 0 Å². The standard InChI is InChI=1S/C23H26N4O4S2/c1-4-30-22(29)19-16-11-8-12-17(16)33-21(19)24-18(28)13-32-23-26-25-20(27(23)3)14(2)31-15-9-6-5-7-10-15/h5-7,9-10,14H,4,8,11-13H2,1-3H3,(H,24,28). The molecule has 0 fully saturated rings. The highest BCUT2D eigenvalue weighted by atomic mass is 32.2. The second-order valence-corrected chi connectivity index (χ2v) is 9.64. The van der Waals surface area contributed by atoms with E-state index in [2.05, 4.69) is 15.5 Å². The van der Waals surface area contributed by atoms with Crippen molar-refractivity contribution in [3.63, 3.8) is 0 Å². The minimum absolute atomic E-state index is 0.144. The number of rotatable bonds is 9. The van der Waals surface area contributed by atoms with Crippen LogP contribution in [0.15, 0.2) is 35.5 Å². The molecular formula is C23H26N4O4S2. The van der Waals surface area contributed by atoms with Gasteiger partial charge in [0.1, 0.15) is 10.8 Å². The predicted octanol–water partition coefficient (Wildman–Crippen LogP) is 4.41. The van der Waals surface area contributed by atoms with Gasteiger partial charge in [0.05, 0.1) is 17.9 Å². The van der Waals surface area contributed by atoms with E-state index in [0.717, 1.165) is 35.5 Å². The molecule has 1 amide bonds. The number of hydrogen-bond acceptors (Lipinski definition) is 8. The number of para-hydroxylation sites is 1. The summed E-state index contributed by atoms with van der Waals surface area (Å²) in [6, 6.07) is 9.53. The Labute approximate surface area is 200 Å². The molecule has 3 aromatic rings. The lowest BCUT2D eigenvalue weighted by Gasteiger charge is -2.14. The van der Waals surface area contributed by atoms with Crippen molar-refractivity contribution < 1.29 is 19.1 Å². The number of aromatic nitrogens is 3. The number of hydrogen-bond donors (Lipinski definition) is 1. The van der Waals surface area contributed by atoms with Gasteiger partial charge >= 0.3 is 5.97 Å². The summed E-state index contributed by atoms with van der Waals surface area (Å²) in [5.41, 5.74) is 1.53. The molecule has 0 saturated carbocycles. The highest BCUT2D eigenvalue weighted by Gasteiger charge is 2.28. The van der Waals surface area contributed by atoms with Crippen LogP contribution in [-0.2, 0) is 29.4 Å². The number of esters is 1. The summed E-state index contributed by atoms with van der Waals surface area (Å²) in [6.07, 6.45) is 2.50. The first kappa shape index (κ1) is 23.3. The Morgan fingerprint density at radius 1 is 1.24 bits per heavy atom. The van der Waals surface area contributed by atoms with E-state index >= 15 is 0 Å². The van der Waals surface area contributed by atoms with E-state index < -0.39 is 0 Å². The number of aryl methyl sites for hydroxylation is 1. The van der Waals surface area contributed by atoms with Crippen LogP contribution in [0.2, 0.25) is 0 Å². The molecule has 4 rings (SSSR count). The fourth-order valence-electron chi connectivity index (χ4n) is 3.77. The van der Waals surface area contributed by atoms with Crippen LogP contribution < -0.4 is 10.1 Å². The molecule has 0 aliphatic heterocycles. The second-order valence-electron chi connectivity index (χ2n) is 7.59. The quantitative estimate of drug-likeness (QED) is 0.353. The van der Waals surface area contributed by atoms with Crippen LogP contribution in [0.5, 0.6) is 5.75 Å². The third kappa shape index (κ3) is 5.22. The van der Waals surface area contributed by atoms with Gasteiger partial charge in [-0.3, -0.25) is 4.79 Å². The molecule has 33 heavy (non-hydrogen) atoms. The molecule has 8 nitrogen and oxygen atoms in total. The molecule has 2 aromatic heterocycles. The first-order chi connectivity index (χ1) is 16.0. The van der Waals surface area contributed by atoms with Crippen LogP contribution in [0.3, 0.4) is 0 Å².